The summed E-state index contributed by atoms with van der Waals surface area (Å²) >= 11 is 0. The van der Waals surface area contributed by atoms with Gasteiger partial charge in [0.25, 0.3) is 7.37 Å². The van der Waals surface area contributed by atoms with Crippen LogP contribution in [0, 0.1) is 0 Å². The molecule has 0 heterocycles. The largest absolute Gasteiger partial charge is 0.325 e. The minimum Gasteiger partial charge on any atom is -0.325 e. The zero-order valence-corrected chi connectivity index (χ0v) is 12.4. The highest BCUT2D eigenvalue weighted by molar-refractivity contribution is 7.74. The van der Waals surface area contributed by atoms with Crippen molar-refractivity contribution in [3.05, 3.63) is 60.2 Å². The van der Waals surface area contributed by atoms with Crippen molar-refractivity contribution in [1.82, 2.24) is 0 Å². The first-order chi connectivity index (χ1) is 9.09. The van der Waals surface area contributed by atoms with E-state index in [-0.39, 0.29) is 0 Å². The van der Waals surface area contributed by atoms with E-state index in [1.165, 1.54) is 7.11 Å². The Morgan fingerprint density at radius 2 is 1.53 bits per heavy atom. The molecule has 0 fully saturated rings. The van der Waals surface area contributed by atoms with Crippen LogP contribution in [-0.2, 0) is 9.09 Å². The van der Waals surface area contributed by atoms with E-state index in [2.05, 4.69) is 13.8 Å². The molecule has 3 heteroatoms. The Hall–Kier alpha value is -1.37. The zero-order valence-electron chi connectivity index (χ0n) is 11.5. The first-order valence-corrected chi connectivity index (χ1v) is 8.03. The molecule has 0 amide bonds. The molecular formula is C16H19O2P. The molecule has 0 spiro atoms. The Labute approximate surface area is 114 Å². The highest BCUT2D eigenvalue weighted by Crippen LogP contribution is 2.45. The highest BCUT2D eigenvalue weighted by atomic mass is 31.2. The molecule has 19 heavy (non-hydrogen) atoms. The van der Waals surface area contributed by atoms with E-state index in [4.69, 9.17) is 4.52 Å². The molecule has 0 radical (unpaired) electrons. The van der Waals surface area contributed by atoms with E-state index in [0.29, 0.717) is 5.92 Å². The summed E-state index contributed by atoms with van der Waals surface area (Å²) in [6.07, 6.45) is 0. The van der Waals surface area contributed by atoms with Crippen molar-refractivity contribution in [2.75, 3.05) is 7.11 Å². The fourth-order valence-corrected chi connectivity index (χ4v) is 4.42. The quantitative estimate of drug-likeness (QED) is 0.795. The maximum absolute atomic E-state index is 13.3. The summed E-state index contributed by atoms with van der Waals surface area (Å²) in [6, 6.07) is 17.2. The predicted molar refractivity (Wildman–Crippen MR) is 80.9 cm³/mol. The third-order valence-electron chi connectivity index (χ3n) is 3.23. The monoisotopic (exact) mass is 274 g/mol. The van der Waals surface area contributed by atoms with Crippen LogP contribution in [0.5, 0.6) is 0 Å². The van der Waals surface area contributed by atoms with Crippen molar-refractivity contribution in [1.29, 1.82) is 0 Å². The van der Waals surface area contributed by atoms with Crippen molar-refractivity contribution >= 4 is 18.0 Å². The normalized spacial score (nSPS) is 14.3. The summed E-state index contributed by atoms with van der Waals surface area (Å²) < 4.78 is 18.7. The minimum absolute atomic E-state index is 0.309. The van der Waals surface area contributed by atoms with Crippen molar-refractivity contribution in [3.8, 4) is 0 Å². The molecule has 0 bridgehead atoms. The molecule has 0 saturated carbocycles. The zero-order chi connectivity index (χ0) is 13.9. The lowest BCUT2D eigenvalue weighted by Gasteiger charge is -2.21. The smallest absolute Gasteiger partial charge is 0.261 e. The van der Waals surface area contributed by atoms with E-state index < -0.39 is 7.37 Å². The van der Waals surface area contributed by atoms with Gasteiger partial charge in [0.15, 0.2) is 0 Å². The molecule has 2 aromatic rings. The summed E-state index contributed by atoms with van der Waals surface area (Å²) in [7, 11) is -1.48. The first-order valence-electron chi connectivity index (χ1n) is 6.40. The van der Waals surface area contributed by atoms with Gasteiger partial charge in [-0.25, -0.2) is 0 Å². The Balaban J connectivity index is 2.64. The Bertz CT molecular complexity index is 591. The van der Waals surface area contributed by atoms with E-state index in [9.17, 15) is 4.57 Å². The summed E-state index contributed by atoms with van der Waals surface area (Å²) in [5, 5.41) is 1.55. The summed E-state index contributed by atoms with van der Waals surface area (Å²) in [5.41, 5.74) is 1.08. The van der Waals surface area contributed by atoms with Crippen LogP contribution in [0.1, 0.15) is 25.3 Å². The number of hydrogen-bond donors (Lipinski definition) is 0. The second kappa shape index (κ2) is 5.73. The summed E-state index contributed by atoms with van der Waals surface area (Å²) in [6.45, 7) is 4.20. The van der Waals surface area contributed by atoms with E-state index >= 15 is 0 Å². The van der Waals surface area contributed by atoms with Crippen molar-refractivity contribution in [3.63, 3.8) is 0 Å². The highest BCUT2D eigenvalue weighted by Gasteiger charge is 2.29. The molecule has 1 atom stereocenters. The molecule has 0 saturated heterocycles. The van der Waals surface area contributed by atoms with Gasteiger partial charge in [-0.15, -0.1) is 0 Å². The lowest BCUT2D eigenvalue weighted by Crippen LogP contribution is -2.21. The molecule has 1 unspecified atom stereocenters. The van der Waals surface area contributed by atoms with Crippen molar-refractivity contribution < 1.29 is 9.09 Å². The van der Waals surface area contributed by atoms with Crippen LogP contribution < -0.4 is 10.6 Å². The van der Waals surface area contributed by atoms with Gasteiger partial charge in [-0.2, -0.15) is 0 Å². The lowest BCUT2D eigenvalue weighted by atomic mass is 10.0. The number of rotatable bonds is 4. The number of hydrogen-bond acceptors (Lipinski definition) is 2. The van der Waals surface area contributed by atoms with Gasteiger partial charge in [-0.1, -0.05) is 50.2 Å². The van der Waals surface area contributed by atoms with Gasteiger partial charge in [0.2, 0.25) is 0 Å². The SMILES string of the molecule is COP(=O)(c1ccccc1)c1ccccc1C(C)C. The minimum atomic E-state index is -3.00. The fourth-order valence-electron chi connectivity index (χ4n) is 2.21. The molecule has 2 nitrogen and oxygen atoms in total. The van der Waals surface area contributed by atoms with Crippen LogP contribution in [0.4, 0.5) is 0 Å². The molecule has 100 valence electrons. The first kappa shape index (κ1) is 14.0. The van der Waals surface area contributed by atoms with Gasteiger partial charge in [-0.3, -0.25) is 4.57 Å². The van der Waals surface area contributed by atoms with Gasteiger partial charge in [-0.05, 0) is 29.7 Å². The Morgan fingerprint density at radius 1 is 0.947 bits per heavy atom. The van der Waals surface area contributed by atoms with Crippen LogP contribution in [-0.4, -0.2) is 7.11 Å². The molecule has 0 aliphatic heterocycles. The summed E-state index contributed by atoms with van der Waals surface area (Å²) in [5.74, 6) is 0.309. The molecule has 0 N–H and O–H groups in total. The molecule has 2 rings (SSSR count). The number of benzene rings is 2. The molecular weight excluding hydrogens is 255 g/mol. The Morgan fingerprint density at radius 3 is 2.11 bits per heavy atom. The molecule has 0 aromatic heterocycles. The maximum Gasteiger partial charge on any atom is 0.261 e. The second-order valence-electron chi connectivity index (χ2n) is 4.78. The van der Waals surface area contributed by atoms with E-state index in [0.717, 1.165) is 16.2 Å². The molecule has 0 aliphatic carbocycles. The fraction of sp³-hybridized carbons (Fsp3) is 0.250. The van der Waals surface area contributed by atoms with Gasteiger partial charge >= 0.3 is 0 Å². The van der Waals surface area contributed by atoms with Crippen LogP contribution in [0.3, 0.4) is 0 Å². The average Bonchev–Trinajstić information content (AvgIpc) is 2.47. The topological polar surface area (TPSA) is 26.3 Å². The van der Waals surface area contributed by atoms with Crippen LogP contribution in [0.25, 0.3) is 0 Å². The third kappa shape index (κ3) is 2.65. The van der Waals surface area contributed by atoms with Gasteiger partial charge in [0.05, 0.1) is 0 Å². The summed E-state index contributed by atoms with van der Waals surface area (Å²) in [4.78, 5) is 0. The van der Waals surface area contributed by atoms with E-state index in [1.807, 2.05) is 54.6 Å². The van der Waals surface area contributed by atoms with Crippen molar-refractivity contribution in [2.45, 2.75) is 19.8 Å². The predicted octanol–water partition coefficient (Wildman–Crippen LogP) is 3.69. The molecule has 0 aliphatic rings. The van der Waals surface area contributed by atoms with Crippen molar-refractivity contribution in [2.24, 2.45) is 0 Å². The van der Waals surface area contributed by atoms with Gasteiger partial charge < -0.3 is 4.52 Å². The van der Waals surface area contributed by atoms with Crippen LogP contribution in [0.2, 0.25) is 0 Å². The van der Waals surface area contributed by atoms with E-state index in [1.54, 1.807) is 0 Å². The maximum atomic E-state index is 13.3. The third-order valence-corrected chi connectivity index (χ3v) is 5.76. The average molecular weight is 274 g/mol. The standard InChI is InChI=1S/C16H19O2P/c1-13(2)15-11-7-8-12-16(15)19(17,18-3)14-9-5-4-6-10-14/h4-13H,1-3H3. The second-order valence-corrected chi connectivity index (χ2v) is 7.25. The lowest BCUT2D eigenvalue weighted by molar-refractivity contribution is 0.412. The van der Waals surface area contributed by atoms with Gasteiger partial charge in [0, 0.05) is 17.7 Å². The van der Waals surface area contributed by atoms with Gasteiger partial charge in [0.1, 0.15) is 0 Å². The van der Waals surface area contributed by atoms with Crippen LogP contribution >= 0.6 is 7.37 Å². The Kier molecular flexibility index (Phi) is 4.24. The van der Waals surface area contributed by atoms with Crippen LogP contribution in [0.15, 0.2) is 54.6 Å². The molecule has 2 aromatic carbocycles.